The molecule has 1 aromatic heterocycles. The highest BCUT2D eigenvalue weighted by Gasteiger charge is 2.36. The zero-order chi connectivity index (χ0) is 16.7. The summed E-state index contributed by atoms with van der Waals surface area (Å²) in [7, 11) is 2.06. The van der Waals surface area contributed by atoms with Crippen molar-refractivity contribution in [2.45, 2.75) is 51.1 Å². The third-order valence-corrected chi connectivity index (χ3v) is 6.03. The fourth-order valence-electron chi connectivity index (χ4n) is 4.65. The first-order valence-corrected chi connectivity index (χ1v) is 9.27. The number of amides is 1. The smallest absolute Gasteiger partial charge is 0.223 e. The number of halogens is 1. The van der Waals surface area contributed by atoms with Gasteiger partial charge in [0.25, 0.3) is 0 Å². The standard InChI is InChI=1S/C18H27FN4O/c1-21-17(15-3-2-4-16(15)20-21)12-22-7-5-14(6-8-22)23-11-13(10-19)9-18(23)24/h13-14H,2-12H2,1H3. The van der Waals surface area contributed by atoms with Crippen molar-refractivity contribution in [2.24, 2.45) is 13.0 Å². The maximum Gasteiger partial charge on any atom is 0.223 e. The number of nitrogens with zero attached hydrogens (tertiary/aromatic N) is 4. The van der Waals surface area contributed by atoms with Crippen LogP contribution in [-0.4, -0.2) is 57.8 Å². The van der Waals surface area contributed by atoms with Crippen molar-refractivity contribution in [3.8, 4) is 0 Å². The molecule has 2 fully saturated rings. The Morgan fingerprint density at radius 1 is 1.25 bits per heavy atom. The number of carbonyl (C=O) groups excluding carboxylic acids is 1. The highest BCUT2D eigenvalue weighted by molar-refractivity contribution is 5.79. The SMILES string of the molecule is Cn1nc2c(c1CN1CCC(N3CC(CF)CC3=O)CC1)CCC2. The third kappa shape index (κ3) is 2.85. The topological polar surface area (TPSA) is 41.4 Å². The van der Waals surface area contributed by atoms with E-state index in [1.807, 2.05) is 4.90 Å². The highest BCUT2D eigenvalue weighted by Crippen LogP contribution is 2.28. The van der Waals surface area contributed by atoms with E-state index in [1.165, 1.54) is 29.8 Å². The van der Waals surface area contributed by atoms with Crippen LogP contribution in [0.1, 0.15) is 42.6 Å². The summed E-state index contributed by atoms with van der Waals surface area (Å²) in [5, 5.41) is 4.66. The molecule has 0 bridgehead atoms. The molecule has 3 heterocycles. The van der Waals surface area contributed by atoms with Crippen LogP contribution in [0, 0.1) is 5.92 Å². The van der Waals surface area contributed by atoms with E-state index in [9.17, 15) is 9.18 Å². The molecule has 0 N–H and O–H groups in total. The summed E-state index contributed by atoms with van der Waals surface area (Å²) < 4.78 is 14.9. The first-order valence-electron chi connectivity index (χ1n) is 9.27. The lowest BCUT2D eigenvalue weighted by molar-refractivity contribution is -0.130. The van der Waals surface area contributed by atoms with Gasteiger partial charge in [0.1, 0.15) is 0 Å². The third-order valence-electron chi connectivity index (χ3n) is 6.03. The summed E-state index contributed by atoms with van der Waals surface area (Å²) in [6, 6.07) is 0.308. The molecule has 2 aliphatic heterocycles. The maximum atomic E-state index is 12.8. The molecule has 6 heteroatoms. The van der Waals surface area contributed by atoms with E-state index >= 15 is 0 Å². The molecule has 0 saturated carbocycles. The van der Waals surface area contributed by atoms with E-state index < -0.39 is 0 Å². The first kappa shape index (κ1) is 16.1. The van der Waals surface area contributed by atoms with E-state index in [2.05, 4.69) is 21.7 Å². The van der Waals surface area contributed by atoms with Gasteiger partial charge in [-0.1, -0.05) is 0 Å². The molecule has 1 amide bonds. The van der Waals surface area contributed by atoms with Crippen LogP contribution in [0.2, 0.25) is 0 Å². The number of piperidine rings is 1. The number of aryl methyl sites for hydroxylation is 2. The summed E-state index contributed by atoms with van der Waals surface area (Å²) >= 11 is 0. The van der Waals surface area contributed by atoms with Crippen molar-refractivity contribution in [2.75, 3.05) is 26.3 Å². The van der Waals surface area contributed by atoms with E-state index in [4.69, 9.17) is 0 Å². The van der Waals surface area contributed by atoms with E-state index in [0.717, 1.165) is 38.9 Å². The second-order valence-corrected chi connectivity index (χ2v) is 7.63. The number of alkyl halides is 1. The quantitative estimate of drug-likeness (QED) is 0.841. The molecular formula is C18H27FN4O. The molecule has 0 spiro atoms. The Balaban J connectivity index is 1.35. The first-order chi connectivity index (χ1) is 11.7. The Hall–Kier alpha value is -1.43. The summed E-state index contributed by atoms with van der Waals surface area (Å²) in [5.41, 5.74) is 4.14. The number of rotatable bonds is 4. The van der Waals surface area contributed by atoms with Gasteiger partial charge in [-0.2, -0.15) is 5.10 Å². The van der Waals surface area contributed by atoms with Crippen molar-refractivity contribution in [3.05, 3.63) is 17.0 Å². The van der Waals surface area contributed by atoms with Gasteiger partial charge >= 0.3 is 0 Å². The fraction of sp³-hybridized carbons (Fsp3) is 0.778. The average molecular weight is 334 g/mol. The van der Waals surface area contributed by atoms with Crippen LogP contribution in [-0.2, 0) is 31.2 Å². The molecule has 24 heavy (non-hydrogen) atoms. The normalized spacial score (nSPS) is 25.7. The fourth-order valence-corrected chi connectivity index (χ4v) is 4.65. The Kier molecular flexibility index (Phi) is 4.33. The summed E-state index contributed by atoms with van der Waals surface area (Å²) in [4.78, 5) is 16.5. The van der Waals surface area contributed by atoms with Crippen molar-refractivity contribution < 1.29 is 9.18 Å². The predicted molar refractivity (Wildman–Crippen MR) is 89.3 cm³/mol. The van der Waals surface area contributed by atoms with Crippen LogP contribution < -0.4 is 0 Å². The van der Waals surface area contributed by atoms with Crippen molar-refractivity contribution in [1.82, 2.24) is 19.6 Å². The second-order valence-electron chi connectivity index (χ2n) is 7.63. The van der Waals surface area contributed by atoms with Gasteiger partial charge in [0.15, 0.2) is 0 Å². The summed E-state index contributed by atoms with van der Waals surface area (Å²) in [5.74, 6) is 0.0770. The lowest BCUT2D eigenvalue weighted by atomic mass is 10.0. The molecule has 0 radical (unpaired) electrons. The molecular weight excluding hydrogens is 307 g/mol. The van der Waals surface area contributed by atoms with E-state index in [0.29, 0.717) is 19.0 Å². The number of aromatic nitrogens is 2. The van der Waals surface area contributed by atoms with Gasteiger partial charge in [-0.15, -0.1) is 0 Å². The van der Waals surface area contributed by atoms with Crippen LogP contribution >= 0.6 is 0 Å². The molecule has 1 atom stereocenters. The molecule has 2 saturated heterocycles. The maximum absolute atomic E-state index is 12.8. The molecule has 4 rings (SSSR count). The molecule has 3 aliphatic rings. The number of hydrogen-bond donors (Lipinski definition) is 0. The Bertz CT molecular complexity index is 621. The van der Waals surface area contributed by atoms with Crippen LogP contribution in [0.15, 0.2) is 0 Å². The average Bonchev–Trinajstić information content (AvgIpc) is 3.25. The van der Waals surface area contributed by atoms with Crippen LogP contribution in [0.3, 0.4) is 0 Å². The second kappa shape index (κ2) is 6.47. The Labute approximate surface area is 142 Å². The molecule has 5 nitrogen and oxygen atoms in total. The van der Waals surface area contributed by atoms with E-state index in [1.54, 1.807) is 0 Å². The van der Waals surface area contributed by atoms with Gasteiger partial charge < -0.3 is 4.90 Å². The highest BCUT2D eigenvalue weighted by atomic mass is 19.1. The summed E-state index contributed by atoms with van der Waals surface area (Å²) in [6.45, 7) is 3.23. The number of hydrogen-bond acceptors (Lipinski definition) is 3. The Morgan fingerprint density at radius 3 is 2.75 bits per heavy atom. The predicted octanol–water partition coefficient (Wildman–Crippen LogP) is 1.69. The lowest BCUT2D eigenvalue weighted by Gasteiger charge is -2.37. The van der Waals surface area contributed by atoms with Crippen molar-refractivity contribution in [1.29, 1.82) is 0 Å². The van der Waals surface area contributed by atoms with Crippen LogP contribution in [0.25, 0.3) is 0 Å². The largest absolute Gasteiger partial charge is 0.339 e. The van der Waals surface area contributed by atoms with Crippen molar-refractivity contribution in [3.63, 3.8) is 0 Å². The van der Waals surface area contributed by atoms with Gasteiger partial charge in [-0.3, -0.25) is 18.8 Å². The zero-order valence-electron chi connectivity index (χ0n) is 14.5. The van der Waals surface area contributed by atoms with Gasteiger partial charge in [-0.05, 0) is 37.7 Å². The minimum absolute atomic E-state index is 0.0763. The van der Waals surface area contributed by atoms with E-state index in [-0.39, 0.29) is 18.5 Å². The molecule has 1 aromatic rings. The van der Waals surface area contributed by atoms with Gasteiger partial charge in [0, 0.05) is 51.6 Å². The lowest BCUT2D eigenvalue weighted by Crippen LogP contribution is -2.45. The number of fused-ring (bicyclic) bond motifs is 1. The van der Waals surface area contributed by atoms with Crippen molar-refractivity contribution >= 4 is 5.91 Å². The molecule has 132 valence electrons. The molecule has 1 aliphatic carbocycles. The molecule has 1 unspecified atom stereocenters. The van der Waals surface area contributed by atoms with Gasteiger partial charge in [0.05, 0.1) is 18.1 Å². The van der Waals surface area contributed by atoms with Gasteiger partial charge in [-0.25, -0.2) is 0 Å². The number of carbonyl (C=O) groups is 1. The van der Waals surface area contributed by atoms with Crippen LogP contribution in [0.5, 0.6) is 0 Å². The molecule has 0 aromatic carbocycles. The zero-order valence-corrected chi connectivity index (χ0v) is 14.5. The summed E-state index contributed by atoms with van der Waals surface area (Å²) in [6.07, 6.45) is 5.94. The van der Waals surface area contributed by atoms with Gasteiger partial charge in [0.2, 0.25) is 5.91 Å². The Morgan fingerprint density at radius 2 is 2.04 bits per heavy atom. The monoisotopic (exact) mass is 334 g/mol. The number of likely N-dealkylation sites (tertiary alicyclic amines) is 2. The van der Waals surface area contributed by atoms with Crippen LogP contribution in [0.4, 0.5) is 4.39 Å². The minimum Gasteiger partial charge on any atom is -0.339 e. The minimum atomic E-state index is -0.368.